The van der Waals surface area contributed by atoms with Crippen LogP contribution in [-0.2, 0) is 7.05 Å². The van der Waals surface area contributed by atoms with Crippen molar-refractivity contribution >= 4 is 60.0 Å². The van der Waals surface area contributed by atoms with Crippen LogP contribution in [0.4, 0.5) is 0 Å². The number of benzene rings is 3. The molecular formula is C26H19N2O+. The standard InChI is InChI=1S/C26H19N2O/c1-14-12-19-17-6-4-5-7-20(17)28-21-13-16-9-11-29-26(16)18-8-10-27(3)25(23(18)21)22(15(14)2)24(19)28/h4-13H,1-3H3/q+1. The third-order valence-corrected chi connectivity index (χ3v) is 6.77. The number of furan rings is 1. The quantitative estimate of drug-likeness (QED) is 0.176. The first kappa shape index (κ1) is 15.3. The van der Waals surface area contributed by atoms with Gasteiger partial charge in [-0.1, -0.05) is 18.2 Å². The molecule has 0 spiro atoms. The Morgan fingerprint density at radius 3 is 2.62 bits per heavy atom. The Hall–Kier alpha value is -3.59. The van der Waals surface area contributed by atoms with E-state index in [1.54, 1.807) is 6.26 Å². The maximum absolute atomic E-state index is 5.92. The highest BCUT2D eigenvalue weighted by Crippen LogP contribution is 2.43. The van der Waals surface area contributed by atoms with Gasteiger partial charge in [-0.2, -0.15) is 0 Å². The first-order valence-corrected chi connectivity index (χ1v) is 10.0. The molecule has 0 saturated heterocycles. The van der Waals surface area contributed by atoms with E-state index in [0.29, 0.717) is 0 Å². The lowest BCUT2D eigenvalue weighted by molar-refractivity contribution is -0.643. The zero-order chi connectivity index (χ0) is 19.4. The lowest BCUT2D eigenvalue weighted by atomic mass is 9.96. The molecule has 7 rings (SSSR count). The Bertz CT molecular complexity index is 1780. The molecule has 3 heteroatoms. The Morgan fingerprint density at radius 1 is 0.862 bits per heavy atom. The third kappa shape index (κ3) is 1.64. The van der Waals surface area contributed by atoms with Crippen molar-refractivity contribution < 1.29 is 8.98 Å². The van der Waals surface area contributed by atoms with E-state index in [4.69, 9.17) is 4.42 Å². The topological polar surface area (TPSA) is 21.4 Å². The van der Waals surface area contributed by atoms with E-state index in [0.717, 1.165) is 11.0 Å². The average Bonchev–Trinajstić information content (AvgIpc) is 3.32. The summed E-state index contributed by atoms with van der Waals surface area (Å²) in [5, 5.41) is 7.55. The number of aryl methyl sites for hydroxylation is 3. The summed E-state index contributed by atoms with van der Waals surface area (Å²) in [4.78, 5) is 0. The molecule has 138 valence electrons. The van der Waals surface area contributed by atoms with Crippen LogP contribution in [0.5, 0.6) is 0 Å². The Morgan fingerprint density at radius 2 is 1.72 bits per heavy atom. The van der Waals surface area contributed by atoms with Crippen LogP contribution in [0.25, 0.3) is 60.0 Å². The lowest BCUT2D eigenvalue weighted by Gasteiger charge is -2.14. The van der Waals surface area contributed by atoms with Crippen LogP contribution >= 0.6 is 0 Å². The van der Waals surface area contributed by atoms with Gasteiger partial charge >= 0.3 is 0 Å². The predicted molar refractivity (Wildman–Crippen MR) is 119 cm³/mol. The average molecular weight is 375 g/mol. The number of hydrogen-bond acceptors (Lipinski definition) is 1. The van der Waals surface area contributed by atoms with Crippen molar-refractivity contribution in [2.45, 2.75) is 13.8 Å². The van der Waals surface area contributed by atoms with Crippen molar-refractivity contribution in [3.63, 3.8) is 0 Å². The van der Waals surface area contributed by atoms with E-state index >= 15 is 0 Å². The maximum Gasteiger partial charge on any atom is 0.224 e. The molecule has 7 aromatic rings. The van der Waals surface area contributed by atoms with E-state index in [2.05, 4.69) is 84.6 Å². The van der Waals surface area contributed by atoms with Gasteiger partial charge in [0.15, 0.2) is 6.20 Å². The number of rotatable bonds is 0. The summed E-state index contributed by atoms with van der Waals surface area (Å²) in [6.07, 6.45) is 3.96. The minimum atomic E-state index is 0.965. The second-order valence-electron chi connectivity index (χ2n) is 8.24. The molecule has 0 aliphatic heterocycles. The summed E-state index contributed by atoms with van der Waals surface area (Å²) in [5.41, 5.74) is 8.72. The third-order valence-electron chi connectivity index (χ3n) is 6.77. The zero-order valence-electron chi connectivity index (χ0n) is 16.6. The number of para-hydroxylation sites is 1. The monoisotopic (exact) mass is 375 g/mol. The van der Waals surface area contributed by atoms with Crippen LogP contribution in [0.15, 0.2) is 65.4 Å². The van der Waals surface area contributed by atoms with Gasteiger partial charge < -0.3 is 8.82 Å². The summed E-state index contributed by atoms with van der Waals surface area (Å²) in [6, 6.07) is 17.7. The first-order chi connectivity index (χ1) is 14.1. The normalized spacial score (nSPS) is 12.7. The van der Waals surface area contributed by atoms with E-state index in [9.17, 15) is 0 Å². The Balaban J connectivity index is 2.02. The van der Waals surface area contributed by atoms with Crippen LogP contribution in [0.3, 0.4) is 0 Å². The highest BCUT2D eigenvalue weighted by atomic mass is 16.3. The number of pyridine rings is 2. The molecule has 3 nitrogen and oxygen atoms in total. The number of fused-ring (bicyclic) bond motifs is 7. The number of hydrogen-bond donors (Lipinski definition) is 0. The molecule has 0 atom stereocenters. The fourth-order valence-corrected chi connectivity index (χ4v) is 5.34. The van der Waals surface area contributed by atoms with Crippen molar-refractivity contribution in [3.8, 4) is 0 Å². The van der Waals surface area contributed by atoms with E-state index in [1.807, 2.05) is 0 Å². The van der Waals surface area contributed by atoms with Gasteiger partial charge in [-0.25, -0.2) is 4.57 Å². The maximum atomic E-state index is 5.92. The van der Waals surface area contributed by atoms with Gasteiger partial charge in [0.05, 0.1) is 33.6 Å². The molecule has 29 heavy (non-hydrogen) atoms. The van der Waals surface area contributed by atoms with Gasteiger partial charge in [0.25, 0.3) is 0 Å². The fourth-order valence-electron chi connectivity index (χ4n) is 5.34. The Labute approximate surface area is 166 Å². The van der Waals surface area contributed by atoms with Gasteiger partial charge in [-0.3, -0.25) is 0 Å². The molecule has 0 amide bonds. The predicted octanol–water partition coefficient (Wildman–Crippen LogP) is 6.18. The van der Waals surface area contributed by atoms with Crippen LogP contribution in [0.2, 0.25) is 0 Å². The smallest absolute Gasteiger partial charge is 0.224 e. The molecular weight excluding hydrogens is 356 g/mol. The van der Waals surface area contributed by atoms with Crippen LogP contribution in [0, 0.1) is 13.8 Å². The summed E-state index contributed by atoms with van der Waals surface area (Å²) in [7, 11) is 2.15. The molecule has 0 fully saturated rings. The summed E-state index contributed by atoms with van der Waals surface area (Å²) < 4.78 is 10.6. The Kier molecular flexibility index (Phi) is 2.58. The minimum Gasteiger partial charge on any atom is -0.464 e. The number of nitrogens with zero attached hydrogens (tertiary/aromatic N) is 2. The number of aromatic nitrogens is 2. The highest BCUT2D eigenvalue weighted by Gasteiger charge is 2.25. The van der Waals surface area contributed by atoms with Crippen molar-refractivity contribution in [2.75, 3.05) is 0 Å². The molecule has 4 aromatic heterocycles. The largest absolute Gasteiger partial charge is 0.464 e. The molecule has 0 unspecified atom stereocenters. The van der Waals surface area contributed by atoms with Gasteiger partial charge in [-0.05, 0) is 49.2 Å². The fraction of sp³-hybridized carbons (Fsp3) is 0.115. The van der Waals surface area contributed by atoms with Crippen molar-refractivity contribution in [3.05, 3.63) is 72.1 Å². The van der Waals surface area contributed by atoms with E-state index < -0.39 is 0 Å². The SMILES string of the molecule is Cc1cc2c3ccccc3n3c4cc5ccoc5c5cc[n+](C)c(c(c1C)c23)c54. The summed E-state index contributed by atoms with van der Waals surface area (Å²) >= 11 is 0. The minimum absolute atomic E-state index is 0.965. The zero-order valence-corrected chi connectivity index (χ0v) is 16.6. The van der Waals surface area contributed by atoms with Gasteiger partial charge in [0.1, 0.15) is 12.6 Å². The first-order valence-electron chi connectivity index (χ1n) is 10.0. The lowest BCUT2D eigenvalue weighted by Crippen LogP contribution is -2.29. The van der Waals surface area contributed by atoms with Crippen LogP contribution < -0.4 is 4.57 Å². The van der Waals surface area contributed by atoms with Crippen LogP contribution in [-0.4, -0.2) is 4.40 Å². The molecule has 0 N–H and O–H groups in total. The highest BCUT2D eigenvalue weighted by molar-refractivity contribution is 6.28. The molecule has 0 saturated carbocycles. The molecule has 0 bridgehead atoms. The van der Waals surface area contributed by atoms with Gasteiger partial charge in [-0.15, -0.1) is 0 Å². The molecule has 0 aliphatic rings. The van der Waals surface area contributed by atoms with Crippen LogP contribution in [0.1, 0.15) is 11.1 Å². The second kappa shape index (κ2) is 4.87. The summed E-state index contributed by atoms with van der Waals surface area (Å²) in [5.74, 6) is 0. The van der Waals surface area contributed by atoms with E-state index in [-0.39, 0.29) is 0 Å². The van der Waals surface area contributed by atoms with Gasteiger partial charge in [0, 0.05) is 27.6 Å². The van der Waals surface area contributed by atoms with Gasteiger partial charge in [0.2, 0.25) is 5.52 Å². The molecule has 3 aromatic carbocycles. The second-order valence-corrected chi connectivity index (χ2v) is 8.24. The van der Waals surface area contributed by atoms with E-state index in [1.165, 1.54) is 60.1 Å². The molecule has 0 radical (unpaired) electrons. The van der Waals surface area contributed by atoms with Crippen molar-refractivity contribution in [1.29, 1.82) is 0 Å². The molecule has 4 heterocycles. The van der Waals surface area contributed by atoms with Crippen molar-refractivity contribution in [2.24, 2.45) is 7.05 Å². The summed E-state index contributed by atoms with van der Waals surface area (Å²) in [6.45, 7) is 4.48. The van der Waals surface area contributed by atoms with Crippen molar-refractivity contribution in [1.82, 2.24) is 4.40 Å². The molecule has 0 aliphatic carbocycles.